The van der Waals surface area contributed by atoms with E-state index in [9.17, 15) is 14.0 Å². The van der Waals surface area contributed by atoms with E-state index in [0.29, 0.717) is 30.7 Å². The third-order valence-electron chi connectivity index (χ3n) is 5.74. The second-order valence-corrected chi connectivity index (χ2v) is 8.33. The van der Waals surface area contributed by atoms with E-state index in [1.165, 1.54) is 37.6 Å². The largest absolute Gasteiger partial charge is 0.496 e. The minimum absolute atomic E-state index is 0.119. The van der Waals surface area contributed by atoms with E-state index < -0.39 is 17.9 Å². The molecule has 32 heavy (non-hydrogen) atoms. The van der Waals surface area contributed by atoms with Crippen LogP contribution in [-0.4, -0.2) is 35.6 Å². The Labute approximate surface area is 190 Å². The summed E-state index contributed by atoms with van der Waals surface area (Å²) in [7, 11) is 1.49. The summed E-state index contributed by atoms with van der Waals surface area (Å²) in [5, 5.41) is 12.1. The maximum Gasteiger partial charge on any atom is 0.306 e. The van der Waals surface area contributed by atoms with Crippen LogP contribution in [0.3, 0.4) is 0 Å². The second kappa shape index (κ2) is 10.6. The van der Waals surface area contributed by atoms with Crippen LogP contribution in [0.2, 0.25) is 5.02 Å². The van der Waals surface area contributed by atoms with Crippen LogP contribution in [0.4, 0.5) is 4.39 Å². The molecular weight excluding hydrogens is 439 g/mol. The van der Waals surface area contributed by atoms with Gasteiger partial charge in [-0.1, -0.05) is 11.6 Å². The Hall–Kier alpha value is -2.87. The average Bonchev–Trinajstić information content (AvgIpc) is 2.78. The van der Waals surface area contributed by atoms with Crippen LogP contribution in [0.25, 0.3) is 0 Å². The molecule has 0 spiro atoms. The van der Waals surface area contributed by atoms with Gasteiger partial charge in [-0.3, -0.25) is 9.59 Å². The third kappa shape index (κ3) is 5.88. The molecule has 1 atom stereocenters. The fourth-order valence-corrected chi connectivity index (χ4v) is 4.05. The van der Waals surface area contributed by atoms with E-state index >= 15 is 0 Å². The molecule has 1 aromatic heterocycles. The molecular formula is C23H26ClFN2O5. The number of carbonyl (C=O) groups excluding carboxylic acids is 1. The van der Waals surface area contributed by atoms with Gasteiger partial charge >= 0.3 is 5.97 Å². The Morgan fingerprint density at radius 1 is 1.28 bits per heavy atom. The van der Waals surface area contributed by atoms with Gasteiger partial charge in [0, 0.05) is 18.3 Å². The summed E-state index contributed by atoms with van der Waals surface area (Å²) < 4.78 is 24.7. The minimum atomic E-state index is -0.749. The maximum atomic E-state index is 13.6. The smallest absolute Gasteiger partial charge is 0.306 e. The number of carboxylic acid groups (broad SMARTS) is 1. The first kappa shape index (κ1) is 23.8. The summed E-state index contributed by atoms with van der Waals surface area (Å²) in [4.78, 5) is 27.7. The first-order valence-corrected chi connectivity index (χ1v) is 10.8. The number of nitrogens with one attached hydrogen (secondary N) is 1. The number of carboxylic acids is 1. The summed E-state index contributed by atoms with van der Waals surface area (Å²) in [6.07, 6.45) is 3.57. The molecule has 1 heterocycles. The van der Waals surface area contributed by atoms with Gasteiger partial charge in [-0.2, -0.15) is 0 Å². The number of hydrogen-bond acceptors (Lipinski definition) is 5. The summed E-state index contributed by atoms with van der Waals surface area (Å²) in [5.74, 6) is -0.919. The van der Waals surface area contributed by atoms with Crippen molar-refractivity contribution in [1.82, 2.24) is 10.3 Å². The van der Waals surface area contributed by atoms with E-state index in [4.69, 9.17) is 26.2 Å². The van der Waals surface area contributed by atoms with Crippen LogP contribution in [0.5, 0.6) is 11.6 Å². The molecule has 1 aliphatic rings. The number of aliphatic carboxylic acids is 1. The van der Waals surface area contributed by atoms with Gasteiger partial charge in [0.2, 0.25) is 5.88 Å². The number of pyridine rings is 1. The van der Waals surface area contributed by atoms with Gasteiger partial charge < -0.3 is 19.9 Å². The van der Waals surface area contributed by atoms with Gasteiger partial charge in [-0.05, 0) is 62.8 Å². The second-order valence-electron chi connectivity index (χ2n) is 7.92. The zero-order valence-electron chi connectivity index (χ0n) is 17.9. The van der Waals surface area contributed by atoms with Crippen molar-refractivity contribution in [2.45, 2.75) is 38.7 Å². The Balaban J connectivity index is 1.58. The monoisotopic (exact) mass is 464 g/mol. The van der Waals surface area contributed by atoms with Gasteiger partial charge in [-0.15, -0.1) is 0 Å². The molecule has 0 radical (unpaired) electrons. The van der Waals surface area contributed by atoms with Crippen LogP contribution >= 0.6 is 11.6 Å². The highest BCUT2D eigenvalue weighted by Gasteiger charge is 2.26. The summed E-state index contributed by atoms with van der Waals surface area (Å²) >= 11 is 6.28. The van der Waals surface area contributed by atoms with Crippen molar-refractivity contribution in [2.75, 3.05) is 13.7 Å². The van der Waals surface area contributed by atoms with Crippen LogP contribution < -0.4 is 14.8 Å². The molecule has 7 nitrogen and oxygen atoms in total. The SMILES string of the molecule is COc1ccc(F)cc1C(C)Oc1ncc(C(=O)NCC2CCC(C(=O)O)CC2)cc1Cl. The number of methoxy groups -OCH3 is 1. The van der Waals surface area contributed by atoms with Gasteiger partial charge in [0.25, 0.3) is 5.91 Å². The van der Waals surface area contributed by atoms with Crippen molar-refractivity contribution < 1.29 is 28.6 Å². The van der Waals surface area contributed by atoms with Gasteiger partial charge in [0.05, 0.1) is 18.6 Å². The predicted molar refractivity (Wildman–Crippen MR) is 117 cm³/mol. The van der Waals surface area contributed by atoms with E-state index in [-0.39, 0.29) is 34.2 Å². The van der Waals surface area contributed by atoms with Gasteiger partial charge in [0.1, 0.15) is 22.7 Å². The molecule has 3 rings (SSSR count). The van der Waals surface area contributed by atoms with E-state index in [0.717, 1.165) is 12.8 Å². The Kier molecular flexibility index (Phi) is 7.90. The fourth-order valence-electron chi connectivity index (χ4n) is 3.84. The number of benzene rings is 1. The third-order valence-corrected chi connectivity index (χ3v) is 6.01. The molecule has 1 saturated carbocycles. The highest BCUT2D eigenvalue weighted by Crippen LogP contribution is 2.32. The number of hydrogen-bond donors (Lipinski definition) is 2. The zero-order valence-corrected chi connectivity index (χ0v) is 18.7. The van der Waals surface area contributed by atoms with E-state index in [1.807, 2.05) is 0 Å². The summed E-state index contributed by atoms with van der Waals surface area (Å²) in [5.41, 5.74) is 0.794. The number of aromatic nitrogens is 1. The number of rotatable bonds is 8. The summed E-state index contributed by atoms with van der Waals surface area (Å²) in [6, 6.07) is 5.60. The Morgan fingerprint density at radius 2 is 2.00 bits per heavy atom. The number of ether oxygens (including phenoxy) is 2. The molecule has 1 aliphatic carbocycles. The first-order valence-electron chi connectivity index (χ1n) is 10.4. The average molecular weight is 465 g/mol. The maximum absolute atomic E-state index is 13.6. The lowest BCUT2D eigenvalue weighted by Gasteiger charge is -2.26. The van der Waals surface area contributed by atoms with Crippen molar-refractivity contribution in [3.63, 3.8) is 0 Å². The van der Waals surface area contributed by atoms with Crippen molar-refractivity contribution >= 4 is 23.5 Å². The normalized spacial score (nSPS) is 19.1. The Bertz CT molecular complexity index is 979. The lowest BCUT2D eigenvalue weighted by Crippen LogP contribution is -2.32. The summed E-state index contributed by atoms with van der Waals surface area (Å²) in [6.45, 7) is 2.19. The molecule has 2 aromatic rings. The standard InChI is InChI=1S/C23H26ClFN2O5/c1-13(18-10-17(25)7-8-20(18)31-2)32-22-19(24)9-16(12-27-22)21(28)26-11-14-3-5-15(6-4-14)23(29)30/h7-10,12-15H,3-6,11H2,1-2H3,(H,26,28)(H,29,30). The lowest BCUT2D eigenvalue weighted by atomic mass is 9.82. The number of amides is 1. The molecule has 2 N–H and O–H groups in total. The van der Waals surface area contributed by atoms with Crippen molar-refractivity contribution in [3.05, 3.63) is 52.4 Å². The number of nitrogens with zero attached hydrogens (tertiary/aromatic N) is 1. The zero-order chi connectivity index (χ0) is 23.3. The predicted octanol–water partition coefficient (Wildman–Crippen LogP) is 4.64. The fraction of sp³-hybridized carbons (Fsp3) is 0.435. The molecule has 1 fully saturated rings. The molecule has 0 saturated heterocycles. The topological polar surface area (TPSA) is 97.8 Å². The molecule has 1 unspecified atom stereocenters. The van der Waals surface area contributed by atoms with Crippen LogP contribution in [0.15, 0.2) is 30.5 Å². The number of halogens is 2. The van der Waals surface area contributed by atoms with Crippen molar-refractivity contribution in [2.24, 2.45) is 11.8 Å². The molecule has 1 aromatic carbocycles. The Morgan fingerprint density at radius 3 is 2.62 bits per heavy atom. The molecule has 0 bridgehead atoms. The van der Waals surface area contributed by atoms with Gasteiger partial charge in [-0.25, -0.2) is 9.37 Å². The van der Waals surface area contributed by atoms with Crippen LogP contribution in [0, 0.1) is 17.7 Å². The van der Waals surface area contributed by atoms with Crippen LogP contribution in [0.1, 0.15) is 54.6 Å². The quantitative estimate of drug-likeness (QED) is 0.590. The molecule has 0 aliphatic heterocycles. The first-order chi connectivity index (χ1) is 15.3. The van der Waals surface area contributed by atoms with Crippen molar-refractivity contribution in [3.8, 4) is 11.6 Å². The van der Waals surface area contributed by atoms with Gasteiger partial charge in [0.15, 0.2) is 0 Å². The number of carbonyl (C=O) groups is 2. The minimum Gasteiger partial charge on any atom is -0.496 e. The van der Waals surface area contributed by atoms with E-state index in [2.05, 4.69) is 10.3 Å². The molecule has 1 amide bonds. The van der Waals surface area contributed by atoms with E-state index in [1.54, 1.807) is 6.92 Å². The molecule has 172 valence electrons. The lowest BCUT2D eigenvalue weighted by molar-refractivity contribution is -0.143. The van der Waals surface area contributed by atoms with Crippen LogP contribution in [-0.2, 0) is 4.79 Å². The van der Waals surface area contributed by atoms with Crippen molar-refractivity contribution in [1.29, 1.82) is 0 Å². The highest BCUT2D eigenvalue weighted by atomic mass is 35.5. The molecule has 9 heteroatoms. The highest BCUT2D eigenvalue weighted by molar-refractivity contribution is 6.32.